The second-order valence-electron chi connectivity index (χ2n) is 7.85. The zero-order valence-electron chi connectivity index (χ0n) is 17.5. The van der Waals surface area contributed by atoms with Crippen molar-refractivity contribution in [1.82, 2.24) is 15.5 Å². The van der Waals surface area contributed by atoms with E-state index >= 15 is 0 Å². The summed E-state index contributed by atoms with van der Waals surface area (Å²) in [6.45, 7) is 5.79. The highest BCUT2D eigenvalue weighted by atomic mass is 16.5. The van der Waals surface area contributed by atoms with Gasteiger partial charge in [-0.15, -0.1) is 0 Å². The normalized spacial score (nSPS) is 19.8. The maximum atomic E-state index is 12.5. The number of aromatic amines is 1. The lowest BCUT2D eigenvalue weighted by Crippen LogP contribution is -2.37. The van der Waals surface area contributed by atoms with Gasteiger partial charge in [0.2, 0.25) is 0 Å². The van der Waals surface area contributed by atoms with Gasteiger partial charge in [0.05, 0.1) is 25.3 Å². The molecule has 1 saturated heterocycles. The third kappa shape index (κ3) is 4.16. The van der Waals surface area contributed by atoms with E-state index in [0.717, 1.165) is 46.7 Å². The molecule has 0 spiro atoms. The predicted molar refractivity (Wildman–Crippen MR) is 118 cm³/mol. The SMILES string of the molecule is CC1Oc2cc(cc(N3CCOCC3)c2)-c2n[nH]c3ccc(cc23)OCCCNC1=O. The molecule has 8 heteroatoms. The number of morpholine rings is 1. The quantitative estimate of drug-likeness (QED) is 0.627. The Hall–Kier alpha value is -3.26. The van der Waals surface area contributed by atoms with E-state index in [0.29, 0.717) is 38.5 Å². The van der Waals surface area contributed by atoms with Crippen molar-refractivity contribution >= 4 is 22.5 Å². The smallest absolute Gasteiger partial charge is 0.260 e. The number of hydrogen-bond donors (Lipinski definition) is 2. The summed E-state index contributed by atoms with van der Waals surface area (Å²) in [4.78, 5) is 14.7. The van der Waals surface area contributed by atoms with Crippen molar-refractivity contribution < 1.29 is 19.0 Å². The number of aromatic nitrogens is 2. The van der Waals surface area contributed by atoms with E-state index in [1.54, 1.807) is 6.92 Å². The lowest BCUT2D eigenvalue weighted by atomic mass is 10.1. The van der Waals surface area contributed by atoms with E-state index in [-0.39, 0.29) is 5.91 Å². The van der Waals surface area contributed by atoms with E-state index in [1.807, 2.05) is 30.3 Å². The molecule has 3 heterocycles. The summed E-state index contributed by atoms with van der Waals surface area (Å²) in [6, 6.07) is 12.0. The molecule has 8 nitrogen and oxygen atoms in total. The van der Waals surface area contributed by atoms with E-state index in [9.17, 15) is 4.79 Å². The Balaban J connectivity index is 1.62. The van der Waals surface area contributed by atoms with Gasteiger partial charge in [-0.05, 0) is 43.7 Å². The largest absolute Gasteiger partial charge is 0.494 e. The molecular formula is C23H26N4O4. The fourth-order valence-corrected chi connectivity index (χ4v) is 3.97. The lowest BCUT2D eigenvalue weighted by Gasteiger charge is -2.29. The van der Waals surface area contributed by atoms with Crippen LogP contribution in [0.25, 0.3) is 22.2 Å². The Labute approximate surface area is 180 Å². The Morgan fingerprint density at radius 3 is 2.81 bits per heavy atom. The number of nitrogens with one attached hydrogen (secondary N) is 2. The molecule has 31 heavy (non-hydrogen) atoms. The van der Waals surface area contributed by atoms with Crippen LogP contribution in [0.15, 0.2) is 36.4 Å². The molecule has 0 aliphatic carbocycles. The molecule has 2 N–H and O–H groups in total. The Bertz CT molecular complexity index is 1090. The highest BCUT2D eigenvalue weighted by Crippen LogP contribution is 2.35. The standard InChI is InChI=1S/C23H26N4O4/c1-15-23(28)24-5-2-8-30-18-3-4-21-20(14-18)22(26-25-21)16-11-17(13-19(12-16)31-15)27-6-9-29-10-7-27/h3-4,11-15H,2,5-10H2,1H3,(H,24,28)(H,25,26). The van der Waals surface area contributed by atoms with Crippen LogP contribution in [0.1, 0.15) is 13.3 Å². The second kappa shape index (κ2) is 8.47. The summed E-state index contributed by atoms with van der Waals surface area (Å²) < 4.78 is 17.5. The fraction of sp³-hybridized carbons (Fsp3) is 0.391. The van der Waals surface area contributed by atoms with Crippen molar-refractivity contribution in [3.63, 3.8) is 0 Å². The molecule has 1 unspecified atom stereocenters. The van der Waals surface area contributed by atoms with Gasteiger partial charge >= 0.3 is 0 Å². The van der Waals surface area contributed by atoms with Gasteiger partial charge in [0, 0.05) is 42.3 Å². The summed E-state index contributed by atoms with van der Waals surface area (Å²) in [5.74, 6) is 1.28. The maximum Gasteiger partial charge on any atom is 0.260 e. The van der Waals surface area contributed by atoms with Crippen molar-refractivity contribution in [2.45, 2.75) is 19.4 Å². The van der Waals surface area contributed by atoms with Crippen LogP contribution in [0.2, 0.25) is 0 Å². The first-order valence-electron chi connectivity index (χ1n) is 10.7. The number of benzene rings is 2. The summed E-state index contributed by atoms with van der Waals surface area (Å²) >= 11 is 0. The molecule has 2 aliphatic heterocycles. The predicted octanol–water partition coefficient (Wildman–Crippen LogP) is 2.73. The van der Waals surface area contributed by atoms with Crippen LogP contribution in [-0.2, 0) is 9.53 Å². The van der Waals surface area contributed by atoms with Crippen molar-refractivity contribution in [1.29, 1.82) is 0 Å². The van der Waals surface area contributed by atoms with Gasteiger partial charge < -0.3 is 24.4 Å². The minimum Gasteiger partial charge on any atom is -0.494 e. The number of carbonyl (C=O) groups excluding carboxylic acids is 1. The maximum absolute atomic E-state index is 12.5. The number of amides is 1. The molecule has 1 amide bonds. The highest BCUT2D eigenvalue weighted by molar-refractivity contribution is 5.94. The minimum absolute atomic E-state index is 0.143. The Morgan fingerprint density at radius 2 is 1.94 bits per heavy atom. The average Bonchev–Trinajstić information content (AvgIpc) is 3.22. The molecule has 4 bridgehead atoms. The number of carbonyl (C=O) groups is 1. The first kappa shape index (κ1) is 19.7. The molecule has 1 aromatic heterocycles. The van der Waals surface area contributed by atoms with Gasteiger partial charge in [-0.2, -0.15) is 5.10 Å². The van der Waals surface area contributed by atoms with Crippen molar-refractivity contribution in [2.24, 2.45) is 0 Å². The summed E-state index contributed by atoms with van der Waals surface area (Å²) in [7, 11) is 0. The van der Waals surface area contributed by atoms with Gasteiger partial charge in [-0.3, -0.25) is 9.89 Å². The van der Waals surface area contributed by atoms with Gasteiger partial charge in [0.15, 0.2) is 6.10 Å². The molecule has 3 aromatic rings. The number of ether oxygens (including phenoxy) is 3. The van der Waals surface area contributed by atoms with E-state index in [4.69, 9.17) is 14.2 Å². The van der Waals surface area contributed by atoms with E-state index < -0.39 is 6.10 Å². The highest BCUT2D eigenvalue weighted by Gasteiger charge is 2.20. The van der Waals surface area contributed by atoms with Crippen LogP contribution in [0.5, 0.6) is 11.5 Å². The van der Waals surface area contributed by atoms with Crippen LogP contribution >= 0.6 is 0 Å². The number of rotatable bonds is 1. The first-order chi connectivity index (χ1) is 15.2. The lowest BCUT2D eigenvalue weighted by molar-refractivity contribution is -0.127. The summed E-state index contributed by atoms with van der Waals surface area (Å²) in [5, 5.41) is 11.6. The average molecular weight is 422 g/mol. The number of hydrogen-bond acceptors (Lipinski definition) is 6. The monoisotopic (exact) mass is 422 g/mol. The molecule has 162 valence electrons. The third-order valence-corrected chi connectivity index (χ3v) is 5.65. The molecular weight excluding hydrogens is 396 g/mol. The molecule has 1 atom stereocenters. The minimum atomic E-state index is -0.612. The zero-order chi connectivity index (χ0) is 21.2. The number of anilines is 1. The van der Waals surface area contributed by atoms with Crippen molar-refractivity contribution in [2.75, 3.05) is 44.4 Å². The number of H-pyrrole nitrogens is 1. The molecule has 1 fully saturated rings. The molecule has 5 rings (SSSR count). The van der Waals surface area contributed by atoms with Crippen LogP contribution in [0.4, 0.5) is 5.69 Å². The number of fused-ring (bicyclic) bond motifs is 4. The second-order valence-corrected chi connectivity index (χ2v) is 7.85. The van der Waals surface area contributed by atoms with Crippen LogP contribution in [-0.4, -0.2) is 61.7 Å². The summed E-state index contributed by atoms with van der Waals surface area (Å²) in [5.41, 5.74) is 3.71. The number of nitrogens with zero attached hydrogens (tertiary/aromatic N) is 2. The first-order valence-corrected chi connectivity index (χ1v) is 10.7. The van der Waals surface area contributed by atoms with Gasteiger partial charge in [0.1, 0.15) is 17.2 Å². The molecule has 2 aromatic carbocycles. The van der Waals surface area contributed by atoms with Crippen molar-refractivity contribution in [3.8, 4) is 22.8 Å². The van der Waals surface area contributed by atoms with Gasteiger partial charge in [-0.25, -0.2) is 0 Å². The molecule has 0 saturated carbocycles. The van der Waals surface area contributed by atoms with E-state index in [2.05, 4.69) is 26.5 Å². The fourth-order valence-electron chi connectivity index (χ4n) is 3.97. The van der Waals surface area contributed by atoms with Gasteiger partial charge in [0.25, 0.3) is 5.91 Å². The third-order valence-electron chi connectivity index (χ3n) is 5.65. The topological polar surface area (TPSA) is 88.7 Å². The summed E-state index contributed by atoms with van der Waals surface area (Å²) in [6.07, 6.45) is 0.100. The van der Waals surface area contributed by atoms with E-state index in [1.165, 1.54) is 0 Å². The van der Waals surface area contributed by atoms with Crippen molar-refractivity contribution in [3.05, 3.63) is 36.4 Å². The Kier molecular flexibility index (Phi) is 5.38. The van der Waals surface area contributed by atoms with Crippen LogP contribution in [0.3, 0.4) is 0 Å². The Morgan fingerprint density at radius 1 is 1.06 bits per heavy atom. The molecule has 2 aliphatic rings. The van der Waals surface area contributed by atoms with Crippen LogP contribution < -0.4 is 19.7 Å². The van der Waals surface area contributed by atoms with Gasteiger partial charge in [-0.1, -0.05) is 0 Å². The zero-order valence-corrected chi connectivity index (χ0v) is 17.5. The molecule has 0 radical (unpaired) electrons. The van der Waals surface area contributed by atoms with Crippen LogP contribution in [0, 0.1) is 0 Å².